The molecule has 1 fully saturated rings. The number of rotatable bonds is 8. The van der Waals surface area contributed by atoms with Crippen LogP contribution in [0.25, 0.3) is 0 Å². The van der Waals surface area contributed by atoms with Crippen molar-refractivity contribution in [2.45, 2.75) is 36.9 Å². The van der Waals surface area contributed by atoms with Crippen molar-refractivity contribution in [2.24, 2.45) is 0 Å². The first kappa shape index (κ1) is 23.6. The molecule has 0 amide bonds. The van der Waals surface area contributed by atoms with Gasteiger partial charge in [-0.05, 0) is 51.0 Å². The zero-order valence-electron chi connectivity index (χ0n) is 18.1. The normalized spacial score (nSPS) is 22.6. The molecule has 0 heterocycles. The highest BCUT2D eigenvalue weighted by molar-refractivity contribution is 5.92. The Bertz CT molecular complexity index is 881. The first-order chi connectivity index (χ1) is 15.3. The third kappa shape index (κ3) is 4.87. The van der Waals surface area contributed by atoms with Crippen molar-refractivity contribution in [1.29, 1.82) is 0 Å². The van der Waals surface area contributed by atoms with E-state index < -0.39 is 23.1 Å². The lowest BCUT2D eigenvalue weighted by atomic mass is 9.74. The summed E-state index contributed by atoms with van der Waals surface area (Å²) >= 11 is 0. The fraction of sp³-hybridized carbons (Fsp3) is 0.333. The largest absolute Gasteiger partial charge is 0.496 e. The van der Waals surface area contributed by atoms with E-state index in [-0.39, 0.29) is 11.1 Å². The lowest BCUT2D eigenvalue weighted by molar-refractivity contribution is -0.403. The Morgan fingerprint density at radius 2 is 1.09 bits per heavy atom. The third-order valence-electron chi connectivity index (χ3n) is 5.45. The number of hydrogen-bond donors (Lipinski definition) is 0. The molecule has 0 aliphatic heterocycles. The zero-order valence-corrected chi connectivity index (χ0v) is 18.1. The molecule has 3 rings (SSSR count). The highest BCUT2D eigenvalue weighted by atomic mass is 17.2. The third-order valence-corrected chi connectivity index (χ3v) is 5.45. The van der Waals surface area contributed by atoms with Crippen LogP contribution in [0, 0.1) is 13.8 Å². The topological polar surface area (TPSA) is 89.5 Å². The maximum Gasteiger partial charge on any atom is 0.376 e. The van der Waals surface area contributed by atoms with Gasteiger partial charge in [0.15, 0.2) is 0 Å². The SMILES string of the molecule is [CH2]C1(OOC(=O)c2ccccc2OC)CCCCC1([CH2])OOC(=O)c1ccccc1OC. The standard InChI is InChI=1S/C24H26O8/c1-23(31-29-21(25)17-11-5-7-13-19(17)27-3)15-9-10-16-24(23,2)32-30-22(26)18-12-6-8-14-20(18)28-4/h5-8,11-14H,1-2,9-10,15-16H2,3-4H3. The highest BCUT2D eigenvalue weighted by Crippen LogP contribution is 2.42. The molecular formula is C24H26O8. The molecule has 32 heavy (non-hydrogen) atoms. The van der Waals surface area contributed by atoms with Gasteiger partial charge in [-0.25, -0.2) is 9.59 Å². The Kier molecular flexibility index (Phi) is 7.37. The van der Waals surface area contributed by atoms with Crippen LogP contribution < -0.4 is 9.47 Å². The fourth-order valence-electron chi connectivity index (χ4n) is 3.46. The van der Waals surface area contributed by atoms with Crippen LogP contribution in [0.5, 0.6) is 11.5 Å². The number of benzene rings is 2. The van der Waals surface area contributed by atoms with E-state index in [1.165, 1.54) is 14.2 Å². The lowest BCUT2D eigenvalue weighted by Crippen LogP contribution is -2.56. The summed E-state index contributed by atoms with van der Waals surface area (Å²) in [5, 5.41) is 0. The minimum Gasteiger partial charge on any atom is -0.496 e. The van der Waals surface area contributed by atoms with Gasteiger partial charge in [-0.2, -0.15) is 9.78 Å². The predicted octanol–water partition coefficient (Wildman–Crippen LogP) is 4.30. The predicted molar refractivity (Wildman–Crippen MR) is 114 cm³/mol. The maximum absolute atomic E-state index is 12.5. The monoisotopic (exact) mass is 442 g/mol. The summed E-state index contributed by atoms with van der Waals surface area (Å²) in [5.41, 5.74) is -2.45. The lowest BCUT2D eigenvalue weighted by Gasteiger charge is -2.44. The van der Waals surface area contributed by atoms with Crippen molar-refractivity contribution in [3.05, 3.63) is 73.5 Å². The minimum atomic E-state index is -1.41. The average molecular weight is 442 g/mol. The first-order valence-electron chi connectivity index (χ1n) is 10.1. The van der Waals surface area contributed by atoms with Crippen molar-refractivity contribution in [2.75, 3.05) is 14.2 Å². The van der Waals surface area contributed by atoms with E-state index in [9.17, 15) is 9.59 Å². The molecule has 2 unspecified atom stereocenters. The number of hydrogen-bond acceptors (Lipinski definition) is 8. The van der Waals surface area contributed by atoms with E-state index >= 15 is 0 Å². The molecule has 0 bridgehead atoms. The minimum absolute atomic E-state index is 0.188. The van der Waals surface area contributed by atoms with Gasteiger partial charge in [0.25, 0.3) is 0 Å². The van der Waals surface area contributed by atoms with Gasteiger partial charge < -0.3 is 9.47 Å². The number of methoxy groups -OCH3 is 2. The van der Waals surface area contributed by atoms with Crippen molar-refractivity contribution < 1.29 is 38.6 Å². The summed E-state index contributed by atoms with van der Waals surface area (Å²) in [6.07, 6.45) is 2.19. The van der Waals surface area contributed by atoms with Crippen molar-refractivity contribution in [1.82, 2.24) is 0 Å². The molecule has 1 aliphatic rings. The molecule has 8 heteroatoms. The van der Waals surface area contributed by atoms with E-state index in [0.717, 1.165) is 12.8 Å². The molecule has 2 aromatic carbocycles. The van der Waals surface area contributed by atoms with Crippen LogP contribution in [0.2, 0.25) is 0 Å². The van der Waals surface area contributed by atoms with Gasteiger partial charge in [0, 0.05) is 0 Å². The summed E-state index contributed by atoms with van der Waals surface area (Å²) in [6.45, 7) is 8.08. The second kappa shape index (κ2) is 10.0. The van der Waals surface area contributed by atoms with Gasteiger partial charge >= 0.3 is 11.9 Å². The molecule has 2 aromatic rings. The van der Waals surface area contributed by atoms with Crippen LogP contribution in [0.3, 0.4) is 0 Å². The Balaban J connectivity index is 1.70. The summed E-state index contributed by atoms with van der Waals surface area (Å²) in [7, 11) is 2.89. The van der Waals surface area contributed by atoms with E-state index in [4.69, 9.17) is 29.0 Å². The quantitative estimate of drug-likeness (QED) is 0.442. The second-order valence-electron chi connectivity index (χ2n) is 7.50. The van der Waals surface area contributed by atoms with Gasteiger partial charge in [0.2, 0.25) is 0 Å². The van der Waals surface area contributed by atoms with Crippen LogP contribution in [0.4, 0.5) is 0 Å². The number of para-hydroxylation sites is 2. The fourth-order valence-corrected chi connectivity index (χ4v) is 3.46. The Morgan fingerprint density at radius 1 is 0.719 bits per heavy atom. The molecule has 0 saturated heterocycles. The molecule has 1 saturated carbocycles. The average Bonchev–Trinajstić information content (AvgIpc) is 2.83. The maximum atomic E-state index is 12.5. The molecule has 0 aromatic heterocycles. The number of ether oxygens (including phenoxy) is 2. The van der Waals surface area contributed by atoms with Gasteiger partial charge in [-0.15, -0.1) is 0 Å². The second-order valence-corrected chi connectivity index (χ2v) is 7.50. The van der Waals surface area contributed by atoms with Crippen molar-refractivity contribution >= 4 is 11.9 Å². The van der Waals surface area contributed by atoms with Crippen LogP contribution in [0.1, 0.15) is 46.4 Å². The molecular weight excluding hydrogens is 416 g/mol. The van der Waals surface area contributed by atoms with Gasteiger partial charge in [-0.1, -0.05) is 37.1 Å². The van der Waals surface area contributed by atoms with Crippen molar-refractivity contribution in [3.63, 3.8) is 0 Å². The molecule has 2 atom stereocenters. The van der Waals surface area contributed by atoms with E-state index in [1.54, 1.807) is 48.5 Å². The smallest absolute Gasteiger partial charge is 0.376 e. The molecule has 170 valence electrons. The van der Waals surface area contributed by atoms with E-state index in [2.05, 4.69) is 13.8 Å². The summed E-state index contributed by atoms with van der Waals surface area (Å²) in [6, 6.07) is 13.1. The number of carbonyl (C=O) groups excluding carboxylic acids is 2. The van der Waals surface area contributed by atoms with E-state index in [1.807, 2.05) is 0 Å². The molecule has 0 N–H and O–H groups in total. The highest BCUT2D eigenvalue weighted by Gasteiger charge is 2.53. The van der Waals surface area contributed by atoms with Crippen LogP contribution in [0.15, 0.2) is 48.5 Å². The Labute approximate surface area is 187 Å². The summed E-state index contributed by atoms with van der Waals surface area (Å²) in [4.78, 5) is 46.1. The summed E-state index contributed by atoms with van der Waals surface area (Å²) in [5.74, 6) is -0.842. The Morgan fingerprint density at radius 3 is 1.47 bits per heavy atom. The van der Waals surface area contributed by atoms with Crippen LogP contribution in [-0.2, 0) is 19.6 Å². The van der Waals surface area contributed by atoms with Gasteiger partial charge in [0.05, 0.1) is 14.2 Å². The molecule has 1 aliphatic carbocycles. The first-order valence-corrected chi connectivity index (χ1v) is 10.1. The molecule has 8 nitrogen and oxygen atoms in total. The molecule has 0 spiro atoms. The van der Waals surface area contributed by atoms with E-state index in [0.29, 0.717) is 24.3 Å². The van der Waals surface area contributed by atoms with Gasteiger partial charge in [0.1, 0.15) is 33.8 Å². The van der Waals surface area contributed by atoms with Gasteiger partial charge in [-0.3, -0.25) is 9.78 Å². The number of carbonyl (C=O) groups is 2. The zero-order chi connectivity index (χ0) is 23.2. The van der Waals surface area contributed by atoms with Crippen molar-refractivity contribution in [3.8, 4) is 11.5 Å². The molecule has 2 radical (unpaired) electrons. The summed E-state index contributed by atoms with van der Waals surface area (Å²) < 4.78 is 10.3. The Hall–Kier alpha value is -3.10. The van der Waals surface area contributed by atoms with Crippen LogP contribution >= 0.6 is 0 Å². The van der Waals surface area contributed by atoms with Crippen LogP contribution in [-0.4, -0.2) is 37.4 Å².